The van der Waals surface area contributed by atoms with Crippen molar-refractivity contribution in [3.05, 3.63) is 33.9 Å². The number of likely N-dealkylation sites (tertiary alicyclic amines) is 1. The molecule has 7 nitrogen and oxygen atoms in total. The van der Waals surface area contributed by atoms with E-state index in [4.69, 9.17) is 14.2 Å². The van der Waals surface area contributed by atoms with Gasteiger partial charge in [-0.2, -0.15) is 0 Å². The average molecular weight is 445 g/mol. The molecule has 7 heteroatoms. The number of hydrogen-bond acceptors (Lipinski definition) is 7. The summed E-state index contributed by atoms with van der Waals surface area (Å²) in [6, 6.07) is 0. The third-order valence-electron chi connectivity index (χ3n) is 6.28. The molecule has 0 amide bonds. The monoisotopic (exact) mass is 444 g/mol. The Labute approximate surface area is 191 Å². The van der Waals surface area contributed by atoms with Gasteiger partial charge in [0.25, 0.3) is 0 Å². The van der Waals surface area contributed by atoms with E-state index in [9.17, 15) is 9.59 Å². The Hall–Kier alpha value is -2.54. The number of nitrogens with zero attached hydrogens (tertiary/aromatic N) is 1. The predicted molar refractivity (Wildman–Crippen MR) is 124 cm³/mol. The number of nitrogens with one attached hydrogen (secondary N) is 1. The van der Waals surface area contributed by atoms with Crippen molar-refractivity contribution in [3.8, 4) is 5.75 Å². The molecule has 2 aliphatic heterocycles. The van der Waals surface area contributed by atoms with Crippen LogP contribution in [0.15, 0.2) is 11.6 Å². The SMILES string of the molecule is CCNc1c(CC=C(C)CCC(=O)OCCN2CCCC2)c(OC)c(C)c2c1C(=O)OC2. The number of carbonyl (C=O) groups is 2. The van der Waals surface area contributed by atoms with Crippen molar-refractivity contribution >= 4 is 17.6 Å². The van der Waals surface area contributed by atoms with Gasteiger partial charge in [-0.25, -0.2) is 4.79 Å². The van der Waals surface area contributed by atoms with E-state index < -0.39 is 0 Å². The van der Waals surface area contributed by atoms with Gasteiger partial charge in [0.15, 0.2) is 0 Å². The van der Waals surface area contributed by atoms with Gasteiger partial charge < -0.3 is 19.5 Å². The molecule has 1 aromatic rings. The molecule has 3 rings (SSSR count). The molecule has 176 valence electrons. The van der Waals surface area contributed by atoms with Crippen molar-refractivity contribution in [1.29, 1.82) is 0 Å². The number of anilines is 1. The van der Waals surface area contributed by atoms with Gasteiger partial charge >= 0.3 is 11.9 Å². The zero-order valence-electron chi connectivity index (χ0n) is 19.8. The number of hydrogen-bond donors (Lipinski definition) is 1. The summed E-state index contributed by atoms with van der Waals surface area (Å²) in [7, 11) is 1.65. The Morgan fingerprint density at radius 2 is 2.00 bits per heavy atom. The largest absolute Gasteiger partial charge is 0.496 e. The molecule has 0 atom stereocenters. The highest BCUT2D eigenvalue weighted by atomic mass is 16.5. The summed E-state index contributed by atoms with van der Waals surface area (Å²) in [4.78, 5) is 26.8. The summed E-state index contributed by atoms with van der Waals surface area (Å²) >= 11 is 0. The summed E-state index contributed by atoms with van der Waals surface area (Å²) < 4.78 is 16.4. The highest BCUT2D eigenvalue weighted by Gasteiger charge is 2.31. The first-order chi connectivity index (χ1) is 15.5. The molecule has 1 N–H and O–H groups in total. The number of ether oxygens (including phenoxy) is 3. The molecule has 0 bridgehead atoms. The quantitative estimate of drug-likeness (QED) is 0.408. The first-order valence-electron chi connectivity index (χ1n) is 11.6. The fraction of sp³-hybridized carbons (Fsp3) is 0.600. The van der Waals surface area contributed by atoms with Crippen LogP contribution in [0.4, 0.5) is 5.69 Å². The third kappa shape index (κ3) is 5.63. The lowest BCUT2D eigenvalue weighted by Crippen LogP contribution is -2.25. The van der Waals surface area contributed by atoms with Gasteiger partial charge in [0.2, 0.25) is 0 Å². The number of rotatable bonds is 11. The van der Waals surface area contributed by atoms with Gasteiger partial charge in [-0.05, 0) is 65.1 Å². The molecular formula is C25H36N2O5. The second-order valence-corrected chi connectivity index (χ2v) is 8.50. The molecule has 2 heterocycles. The van der Waals surface area contributed by atoms with Crippen molar-refractivity contribution in [2.45, 2.75) is 59.5 Å². The van der Waals surface area contributed by atoms with Gasteiger partial charge in [-0.1, -0.05) is 11.6 Å². The summed E-state index contributed by atoms with van der Waals surface area (Å²) in [5.41, 5.74) is 5.29. The van der Waals surface area contributed by atoms with E-state index in [-0.39, 0.29) is 18.5 Å². The van der Waals surface area contributed by atoms with Crippen molar-refractivity contribution < 1.29 is 23.8 Å². The zero-order valence-corrected chi connectivity index (χ0v) is 19.8. The van der Waals surface area contributed by atoms with E-state index in [1.807, 2.05) is 20.8 Å². The molecule has 1 fully saturated rings. The highest BCUT2D eigenvalue weighted by Crippen LogP contribution is 2.41. The van der Waals surface area contributed by atoms with Crippen LogP contribution in [0, 0.1) is 6.92 Å². The number of fused-ring (bicyclic) bond motifs is 1. The van der Waals surface area contributed by atoms with E-state index >= 15 is 0 Å². The van der Waals surface area contributed by atoms with Crippen LogP contribution in [0.1, 0.15) is 66.6 Å². The average Bonchev–Trinajstić information content (AvgIpc) is 3.43. The van der Waals surface area contributed by atoms with Crippen LogP contribution >= 0.6 is 0 Å². The number of esters is 2. The standard InChI is InChI=1S/C25H36N2O5/c1-5-26-23-19(24(30-4)18(3)20-16-32-25(29)22(20)23)10-8-17(2)9-11-21(28)31-15-14-27-12-6-7-13-27/h8,26H,5-7,9-16H2,1-4H3. The first kappa shape index (κ1) is 24.1. The molecule has 0 aromatic heterocycles. The summed E-state index contributed by atoms with van der Waals surface area (Å²) in [5.74, 6) is 0.336. The lowest BCUT2D eigenvalue weighted by molar-refractivity contribution is -0.143. The molecule has 0 unspecified atom stereocenters. The van der Waals surface area contributed by atoms with E-state index in [2.05, 4.69) is 16.3 Å². The van der Waals surface area contributed by atoms with Gasteiger partial charge in [0.1, 0.15) is 19.0 Å². The number of benzene rings is 1. The maximum absolute atomic E-state index is 12.4. The maximum Gasteiger partial charge on any atom is 0.341 e. The summed E-state index contributed by atoms with van der Waals surface area (Å²) in [5, 5.41) is 3.34. The number of cyclic esters (lactones) is 1. The molecule has 1 saturated heterocycles. The third-order valence-corrected chi connectivity index (χ3v) is 6.28. The minimum Gasteiger partial charge on any atom is -0.496 e. The van der Waals surface area contributed by atoms with Crippen LogP contribution in [0.5, 0.6) is 5.75 Å². The molecule has 2 aliphatic rings. The Balaban J connectivity index is 1.63. The van der Waals surface area contributed by atoms with Crippen LogP contribution < -0.4 is 10.1 Å². The van der Waals surface area contributed by atoms with Crippen LogP contribution in [0.25, 0.3) is 0 Å². The van der Waals surface area contributed by atoms with Crippen molar-refractivity contribution in [1.82, 2.24) is 4.90 Å². The maximum atomic E-state index is 12.4. The van der Waals surface area contributed by atoms with Crippen molar-refractivity contribution in [2.75, 3.05) is 45.2 Å². The van der Waals surface area contributed by atoms with Crippen LogP contribution in [0.3, 0.4) is 0 Å². The number of allylic oxidation sites excluding steroid dienone is 2. The van der Waals surface area contributed by atoms with Crippen molar-refractivity contribution in [2.24, 2.45) is 0 Å². The van der Waals surface area contributed by atoms with Crippen LogP contribution in [0.2, 0.25) is 0 Å². The van der Waals surface area contributed by atoms with Crippen LogP contribution in [-0.4, -0.2) is 56.7 Å². The molecule has 0 spiro atoms. The zero-order chi connectivity index (χ0) is 23.1. The first-order valence-corrected chi connectivity index (χ1v) is 11.6. The Morgan fingerprint density at radius 1 is 1.25 bits per heavy atom. The lowest BCUT2D eigenvalue weighted by Gasteiger charge is -2.19. The summed E-state index contributed by atoms with van der Waals surface area (Å²) in [6.45, 7) is 10.5. The Kier molecular flexibility index (Phi) is 8.56. The van der Waals surface area contributed by atoms with Crippen LogP contribution in [-0.2, 0) is 27.3 Å². The molecule has 0 saturated carbocycles. The van der Waals surface area contributed by atoms with E-state index in [1.165, 1.54) is 12.8 Å². The smallest absolute Gasteiger partial charge is 0.341 e. The minimum absolute atomic E-state index is 0.154. The topological polar surface area (TPSA) is 77.1 Å². The van der Waals surface area contributed by atoms with E-state index in [1.54, 1.807) is 7.11 Å². The summed E-state index contributed by atoms with van der Waals surface area (Å²) in [6.07, 6.45) is 6.19. The predicted octanol–water partition coefficient (Wildman–Crippen LogP) is 4.01. The van der Waals surface area contributed by atoms with Gasteiger partial charge in [0, 0.05) is 30.6 Å². The number of methoxy groups -OCH3 is 1. The fourth-order valence-corrected chi connectivity index (χ4v) is 4.47. The molecule has 1 aromatic carbocycles. The Morgan fingerprint density at radius 3 is 2.69 bits per heavy atom. The highest BCUT2D eigenvalue weighted by molar-refractivity contribution is 6.01. The molecule has 32 heavy (non-hydrogen) atoms. The lowest BCUT2D eigenvalue weighted by atomic mass is 9.93. The van der Waals surface area contributed by atoms with Gasteiger partial charge in [-0.3, -0.25) is 9.69 Å². The molecule has 0 radical (unpaired) electrons. The second-order valence-electron chi connectivity index (χ2n) is 8.50. The second kappa shape index (κ2) is 11.4. The van der Waals surface area contributed by atoms with Gasteiger partial charge in [0.05, 0.1) is 18.4 Å². The molecule has 0 aliphatic carbocycles. The Bertz CT molecular complexity index is 872. The fourth-order valence-electron chi connectivity index (χ4n) is 4.47. The molecular weight excluding hydrogens is 408 g/mol. The number of carbonyl (C=O) groups excluding carboxylic acids is 2. The normalized spacial score (nSPS) is 16.1. The van der Waals surface area contributed by atoms with Crippen molar-refractivity contribution in [3.63, 3.8) is 0 Å². The van der Waals surface area contributed by atoms with E-state index in [0.717, 1.165) is 53.3 Å². The van der Waals surface area contributed by atoms with E-state index in [0.29, 0.717) is 38.0 Å². The minimum atomic E-state index is -0.291. The van der Waals surface area contributed by atoms with Gasteiger partial charge in [-0.15, -0.1) is 0 Å².